The lowest BCUT2D eigenvalue weighted by atomic mass is 9.67. The Labute approximate surface area is 298 Å². The third-order valence-corrected chi connectivity index (χ3v) is 10.0. The lowest BCUT2D eigenvalue weighted by Crippen LogP contribution is -2.28. The molecule has 0 amide bonds. The number of fused-ring (bicyclic) bond motifs is 3. The Morgan fingerprint density at radius 1 is 0.373 bits per heavy atom. The van der Waals surface area contributed by atoms with E-state index in [1.807, 2.05) is 25.1 Å². The van der Waals surface area contributed by atoms with E-state index in [1.54, 1.807) is 0 Å². The summed E-state index contributed by atoms with van der Waals surface area (Å²) in [6.45, 7) is 4.08. The Hall–Kier alpha value is -6.52. The van der Waals surface area contributed by atoms with Crippen molar-refractivity contribution in [2.75, 3.05) is 0 Å². The smallest absolute Gasteiger partial charge is 0.164 e. The number of hydrogen-bond acceptors (Lipinski definition) is 4. The fourth-order valence-electron chi connectivity index (χ4n) is 7.84. The average Bonchev–Trinajstić information content (AvgIpc) is 3.50. The third-order valence-electron chi connectivity index (χ3n) is 10.0. The summed E-state index contributed by atoms with van der Waals surface area (Å²) in [5, 5.41) is 0. The van der Waals surface area contributed by atoms with Gasteiger partial charge in [-0.05, 0) is 64.9 Å². The normalized spacial score (nSPS) is 12.7. The van der Waals surface area contributed by atoms with Crippen LogP contribution in [-0.4, -0.2) is 19.9 Å². The van der Waals surface area contributed by atoms with Crippen molar-refractivity contribution < 1.29 is 0 Å². The molecular formula is C47H34N4. The van der Waals surface area contributed by atoms with Crippen LogP contribution >= 0.6 is 0 Å². The van der Waals surface area contributed by atoms with Crippen LogP contribution in [0.4, 0.5) is 0 Å². The van der Waals surface area contributed by atoms with Crippen LogP contribution in [0.5, 0.6) is 0 Å². The van der Waals surface area contributed by atoms with Gasteiger partial charge in [0.05, 0.1) is 5.41 Å². The first kappa shape index (κ1) is 30.5. The Balaban J connectivity index is 1.30. The zero-order valence-electron chi connectivity index (χ0n) is 28.5. The molecule has 51 heavy (non-hydrogen) atoms. The molecule has 4 heteroatoms. The van der Waals surface area contributed by atoms with Crippen LogP contribution in [0.2, 0.25) is 0 Å². The van der Waals surface area contributed by atoms with Crippen LogP contribution in [0, 0.1) is 13.8 Å². The Bertz CT molecular complexity index is 2500. The maximum Gasteiger partial charge on any atom is 0.164 e. The molecule has 1 aliphatic rings. The quantitative estimate of drug-likeness (QED) is 0.179. The summed E-state index contributed by atoms with van der Waals surface area (Å²) >= 11 is 0. The predicted molar refractivity (Wildman–Crippen MR) is 206 cm³/mol. The van der Waals surface area contributed by atoms with Crippen molar-refractivity contribution in [3.8, 4) is 56.4 Å². The molecule has 0 radical (unpaired) electrons. The lowest BCUT2D eigenvalue weighted by Gasteiger charge is -2.33. The van der Waals surface area contributed by atoms with Gasteiger partial charge in [0, 0.05) is 33.6 Å². The zero-order chi connectivity index (χ0) is 34.4. The van der Waals surface area contributed by atoms with Gasteiger partial charge in [0.1, 0.15) is 0 Å². The Morgan fingerprint density at radius 2 is 0.902 bits per heavy atom. The van der Waals surface area contributed by atoms with E-state index >= 15 is 0 Å². The molecule has 4 nitrogen and oxygen atoms in total. The first-order valence-corrected chi connectivity index (χ1v) is 17.3. The third kappa shape index (κ3) is 5.07. The molecule has 0 atom stereocenters. The van der Waals surface area contributed by atoms with Gasteiger partial charge in [-0.15, -0.1) is 0 Å². The summed E-state index contributed by atoms with van der Waals surface area (Å²) in [5.41, 5.74) is 13.7. The van der Waals surface area contributed by atoms with Crippen LogP contribution < -0.4 is 0 Å². The molecule has 0 bridgehead atoms. The molecule has 1 aliphatic carbocycles. The van der Waals surface area contributed by atoms with Crippen LogP contribution in [0.3, 0.4) is 0 Å². The Kier molecular flexibility index (Phi) is 7.44. The van der Waals surface area contributed by atoms with Crippen molar-refractivity contribution >= 4 is 0 Å². The van der Waals surface area contributed by atoms with Gasteiger partial charge < -0.3 is 0 Å². The molecule has 9 rings (SSSR count). The van der Waals surface area contributed by atoms with E-state index in [1.165, 1.54) is 27.8 Å². The van der Waals surface area contributed by atoms with Gasteiger partial charge in [-0.25, -0.2) is 15.0 Å². The maximum atomic E-state index is 5.28. The summed E-state index contributed by atoms with van der Waals surface area (Å²) < 4.78 is 0. The van der Waals surface area contributed by atoms with Crippen molar-refractivity contribution in [2.45, 2.75) is 19.3 Å². The number of benzene rings is 6. The second-order valence-electron chi connectivity index (χ2n) is 13.1. The van der Waals surface area contributed by atoms with Crippen molar-refractivity contribution in [2.24, 2.45) is 0 Å². The summed E-state index contributed by atoms with van der Waals surface area (Å²) in [4.78, 5) is 20.3. The van der Waals surface area contributed by atoms with Gasteiger partial charge >= 0.3 is 0 Å². The average molecular weight is 655 g/mol. The van der Waals surface area contributed by atoms with Crippen LogP contribution in [0.25, 0.3) is 56.4 Å². The minimum Gasteiger partial charge on any atom is -0.258 e. The first-order valence-electron chi connectivity index (χ1n) is 17.3. The minimum atomic E-state index is -0.517. The van der Waals surface area contributed by atoms with Gasteiger partial charge in [-0.2, -0.15) is 0 Å². The largest absolute Gasteiger partial charge is 0.258 e. The molecule has 0 saturated heterocycles. The zero-order valence-corrected chi connectivity index (χ0v) is 28.5. The molecule has 0 spiro atoms. The maximum absolute atomic E-state index is 5.28. The van der Waals surface area contributed by atoms with Gasteiger partial charge in [0.2, 0.25) is 0 Å². The second-order valence-corrected chi connectivity index (χ2v) is 13.1. The van der Waals surface area contributed by atoms with Gasteiger partial charge in [0.15, 0.2) is 17.5 Å². The summed E-state index contributed by atoms with van der Waals surface area (Å²) in [5.74, 6) is 1.90. The van der Waals surface area contributed by atoms with E-state index in [4.69, 9.17) is 19.9 Å². The van der Waals surface area contributed by atoms with Crippen molar-refractivity contribution in [1.29, 1.82) is 0 Å². The summed E-state index contributed by atoms with van der Waals surface area (Å²) in [6, 6.07) is 59.9. The molecule has 8 aromatic rings. The minimum absolute atomic E-state index is 0.517. The van der Waals surface area contributed by atoms with Gasteiger partial charge in [-0.3, -0.25) is 4.98 Å². The van der Waals surface area contributed by atoms with Gasteiger partial charge in [0.25, 0.3) is 0 Å². The molecule has 0 N–H and O–H groups in total. The molecular weight excluding hydrogens is 621 g/mol. The molecule has 2 aromatic heterocycles. The highest BCUT2D eigenvalue weighted by Crippen LogP contribution is 2.58. The number of pyridine rings is 1. The topological polar surface area (TPSA) is 51.6 Å². The molecule has 6 aromatic carbocycles. The first-order chi connectivity index (χ1) is 25.1. The summed E-state index contributed by atoms with van der Waals surface area (Å²) in [6.07, 6.45) is 0. The molecule has 242 valence electrons. The van der Waals surface area contributed by atoms with E-state index < -0.39 is 5.41 Å². The van der Waals surface area contributed by atoms with Gasteiger partial charge in [-0.1, -0.05) is 158 Å². The number of rotatable bonds is 6. The van der Waals surface area contributed by atoms with Crippen LogP contribution in [0.15, 0.2) is 170 Å². The standard InChI is InChI=1S/C47H34N4/c1-31-28-29-38(32(2)48-31)34-18-14-19-35(30-34)45-49-44(33-16-6-3-7-17-33)50-46(51-45)40-25-15-27-42-43(40)39-24-12-13-26-41(39)47(42,36-20-8-4-9-21-36)37-22-10-5-11-23-37/h3-30H,1-2H3. The highest BCUT2D eigenvalue weighted by atomic mass is 15.0. The predicted octanol–water partition coefficient (Wildman–Crippen LogP) is 10.9. The SMILES string of the molecule is Cc1ccc(-c2cccc(-c3nc(-c4ccccc4)nc(-c4cccc5c4-c4ccccc4C5(c4ccccc4)c4ccccc4)n3)c2)c(C)n1. The van der Waals surface area contributed by atoms with E-state index in [2.05, 4.69) is 159 Å². The lowest BCUT2D eigenvalue weighted by molar-refractivity contribution is 0.768. The Morgan fingerprint density at radius 3 is 1.61 bits per heavy atom. The van der Waals surface area contributed by atoms with Crippen molar-refractivity contribution in [1.82, 2.24) is 19.9 Å². The molecule has 0 fully saturated rings. The molecule has 2 heterocycles. The summed E-state index contributed by atoms with van der Waals surface area (Å²) in [7, 11) is 0. The van der Waals surface area contributed by atoms with E-state index in [-0.39, 0.29) is 0 Å². The van der Waals surface area contributed by atoms with Crippen LogP contribution in [0.1, 0.15) is 33.6 Å². The highest BCUT2D eigenvalue weighted by Gasteiger charge is 2.47. The monoisotopic (exact) mass is 654 g/mol. The molecule has 0 unspecified atom stereocenters. The highest BCUT2D eigenvalue weighted by molar-refractivity contribution is 5.94. The van der Waals surface area contributed by atoms with E-state index in [9.17, 15) is 0 Å². The number of nitrogens with zero attached hydrogens (tertiary/aromatic N) is 4. The molecule has 0 aliphatic heterocycles. The second kappa shape index (κ2) is 12.4. The fraction of sp³-hybridized carbons (Fsp3) is 0.0638. The van der Waals surface area contributed by atoms with E-state index in [0.717, 1.165) is 44.8 Å². The molecule has 0 saturated carbocycles. The van der Waals surface area contributed by atoms with Crippen LogP contribution in [-0.2, 0) is 5.41 Å². The number of aryl methyl sites for hydroxylation is 2. The number of aromatic nitrogens is 4. The van der Waals surface area contributed by atoms with E-state index in [0.29, 0.717) is 17.5 Å². The van der Waals surface area contributed by atoms with Crippen molar-refractivity contribution in [3.05, 3.63) is 203 Å². The fourth-order valence-corrected chi connectivity index (χ4v) is 7.84. The van der Waals surface area contributed by atoms with Crippen molar-refractivity contribution in [3.63, 3.8) is 0 Å². The number of hydrogen-bond donors (Lipinski definition) is 0.